The number of anilines is 2. The summed E-state index contributed by atoms with van der Waals surface area (Å²) in [5, 5.41) is 3.28. The molecule has 1 aliphatic heterocycles. The first-order valence-electron chi connectivity index (χ1n) is 9.62. The van der Waals surface area contributed by atoms with Crippen LogP contribution >= 0.6 is 11.6 Å². The number of nitrogens with zero attached hydrogens (tertiary/aromatic N) is 1. The molecule has 1 heterocycles. The molecule has 2 aromatic rings. The van der Waals surface area contributed by atoms with Gasteiger partial charge in [-0.15, -0.1) is 0 Å². The molecular formula is C21H24ClN3O4S. The molecule has 2 aromatic carbocycles. The largest absolute Gasteiger partial charge is 0.334 e. The summed E-state index contributed by atoms with van der Waals surface area (Å²) >= 11 is 5.92. The molecule has 0 atom stereocenters. The summed E-state index contributed by atoms with van der Waals surface area (Å²) in [6.45, 7) is 1.09. The fourth-order valence-corrected chi connectivity index (χ4v) is 4.15. The third-order valence-corrected chi connectivity index (χ3v) is 5.84. The van der Waals surface area contributed by atoms with Gasteiger partial charge in [0.25, 0.3) is 0 Å². The first kappa shape index (κ1) is 22.1. The molecule has 0 aliphatic carbocycles. The lowest BCUT2D eigenvalue weighted by Gasteiger charge is -2.31. The summed E-state index contributed by atoms with van der Waals surface area (Å²) in [4.78, 5) is 26.3. The van der Waals surface area contributed by atoms with Gasteiger partial charge in [0.2, 0.25) is 10.0 Å². The van der Waals surface area contributed by atoms with Gasteiger partial charge in [0.1, 0.15) is 0 Å². The molecule has 7 nitrogen and oxygen atoms in total. The van der Waals surface area contributed by atoms with Crippen molar-refractivity contribution in [3.63, 3.8) is 0 Å². The van der Waals surface area contributed by atoms with Gasteiger partial charge in [-0.25, -0.2) is 8.42 Å². The second kappa shape index (κ2) is 9.49. The summed E-state index contributed by atoms with van der Waals surface area (Å²) in [6, 6.07) is 13.9. The Balaban J connectivity index is 1.48. The lowest BCUT2D eigenvalue weighted by Crippen LogP contribution is -2.44. The Morgan fingerprint density at radius 3 is 2.13 bits per heavy atom. The summed E-state index contributed by atoms with van der Waals surface area (Å²) < 4.78 is 24.8. The zero-order valence-electron chi connectivity index (χ0n) is 16.6. The van der Waals surface area contributed by atoms with E-state index in [2.05, 4.69) is 10.0 Å². The Morgan fingerprint density at radius 1 is 1.00 bits per heavy atom. The van der Waals surface area contributed by atoms with Crippen molar-refractivity contribution in [3.05, 3.63) is 59.1 Å². The van der Waals surface area contributed by atoms with E-state index in [1.165, 1.54) is 29.8 Å². The van der Waals surface area contributed by atoms with Gasteiger partial charge in [0, 0.05) is 29.5 Å². The molecular weight excluding hydrogens is 426 g/mol. The van der Waals surface area contributed by atoms with Gasteiger partial charge in [-0.1, -0.05) is 23.7 Å². The molecule has 1 aliphatic rings. The number of carbonyl (C=O) groups excluding carboxylic acids is 2. The fraction of sp³-hybridized carbons (Fsp3) is 0.333. The van der Waals surface area contributed by atoms with Crippen LogP contribution in [0.4, 0.5) is 11.4 Å². The molecule has 1 saturated heterocycles. The fourth-order valence-electron chi connectivity index (χ4n) is 3.46. The zero-order chi connectivity index (χ0) is 21.7. The molecule has 2 N–H and O–H groups in total. The van der Waals surface area contributed by atoms with Crippen molar-refractivity contribution in [2.75, 3.05) is 29.4 Å². The summed E-state index contributed by atoms with van der Waals surface area (Å²) in [6.07, 6.45) is 3.67. The van der Waals surface area contributed by atoms with Crippen LogP contribution in [0.2, 0.25) is 5.02 Å². The molecule has 0 unspecified atom stereocenters. The molecule has 0 saturated carbocycles. The van der Waals surface area contributed by atoms with E-state index in [9.17, 15) is 18.0 Å². The van der Waals surface area contributed by atoms with Crippen LogP contribution in [0.15, 0.2) is 48.5 Å². The van der Waals surface area contributed by atoms with Crippen LogP contribution in [-0.2, 0) is 26.0 Å². The van der Waals surface area contributed by atoms with E-state index in [4.69, 9.17) is 11.6 Å². The average Bonchev–Trinajstić information content (AvgIpc) is 2.70. The second-order valence-electron chi connectivity index (χ2n) is 7.47. The highest BCUT2D eigenvalue weighted by atomic mass is 35.5. The molecule has 30 heavy (non-hydrogen) atoms. The number of nitrogens with one attached hydrogen (secondary N) is 2. The highest BCUT2D eigenvalue weighted by Crippen LogP contribution is 2.23. The van der Waals surface area contributed by atoms with Crippen molar-refractivity contribution in [2.45, 2.75) is 19.3 Å². The van der Waals surface area contributed by atoms with Crippen LogP contribution in [-0.4, -0.2) is 44.5 Å². The van der Waals surface area contributed by atoms with E-state index in [1.54, 1.807) is 4.90 Å². The van der Waals surface area contributed by atoms with Gasteiger partial charge in [0.15, 0.2) is 0 Å². The normalized spacial score (nSPS) is 14.9. The minimum atomic E-state index is -3.37. The number of rotatable bonds is 5. The third kappa shape index (κ3) is 6.47. The summed E-state index contributed by atoms with van der Waals surface area (Å²) in [5.74, 6) is -0.790. The number of halogens is 1. The van der Waals surface area contributed by atoms with Crippen LogP contribution in [0.3, 0.4) is 0 Å². The number of benzene rings is 2. The summed E-state index contributed by atoms with van der Waals surface area (Å²) in [7, 11) is -3.37. The Labute approximate surface area is 181 Å². The Kier molecular flexibility index (Phi) is 6.99. The van der Waals surface area contributed by atoms with Crippen molar-refractivity contribution in [1.82, 2.24) is 4.90 Å². The van der Waals surface area contributed by atoms with Gasteiger partial charge < -0.3 is 10.2 Å². The van der Waals surface area contributed by atoms with Crippen molar-refractivity contribution < 1.29 is 18.0 Å². The topological polar surface area (TPSA) is 95.6 Å². The lowest BCUT2D eigenvalue weighted by molar-refractivity contribution is -0.144. The Hall–Kier alpha value is -2.58. The molecule has 0 spiro atoms. The number of likely N-dealkylation sites (tertiary alicyclic amines) is 1. The van der Waals surface area contributed by atoms with E-state index in [0.29, 0.717) is 35.4 Å². The van der Waals surface area contributed by atoms with Crippen LogP contribution in [0, 0.1) is 5.92 Å². The average molecular weight is 450 g/mol. The SMILES string of the molecule is CS(=O)(=O)Nc1ccc(NC(=O)C(=O)N2CCC(Cc3ccc(Cl)cc3)CC2)cc1. The number of hydrogen-bond acceptors (Lipinski definition) is 4. The Morgan fingerprint density at radius 2 is 1.57 bits per heavy atom. The van der Waals surface area contributed by atoms with Crippen LogP contribution in [0.25, 0.3) is 0 Å². The molecule has 2 amide bonds. The van der Waals surface area contributed by atoms with Gasteiger partial charge in [-0.2, -0.15) is 0 Å². The van der Waals surface area contributed by atoms with Crippen molar-refractivity contribution in [3.8, 4) is 0 Å². The highest BCUT2D eigenvalue weighted by molar-refractivity contribution is 7.92. The summed E-state index contributed by atoms with van der Waals surface area (Å²) in [5.41, 5.74) is 2.02. The molecule has 160 valence electrons. The minimum Gasteiger partial charge on any atom is -0.334 e. The predicted molar refractivity (Wildman–Crippen MR) is 118 cm³/mol. The first-order valence-corrected chi connectivity index (χ1v) is 11.9. The zero-order valence-corrected chi connectivity index (χ0v) is 18.2. The maximum atomic E-state index is 12.5. The van der Waals surface area contributed by atoms with E-state index in [1.807, 2.05) is 24.3 Å². The van der Waals surface area contributed by atoms with Crippen LogP contribution in [0.5, 0.6) is 0 Å². The number of sulfonamides is 1. The number of piperidine rings is 1. The molecule has 9 heteroatoms. The highest BCUT2D eigenvalue weighted by Gasteiger charge is 2.27. The Bertz CT molecular complexity index is 1000. The maximum Gasteiger partial charge on any atom is 0.313 e. The second-order valence-corrected chi connectivity index (χ2v) is 9.66. The maximum absolute atomic E-state index is 12.5. The van der Waals surface area contributed by atoms with E-state index in [-0.39, 0.29) is 0 Å². The molecule has 1 fully saturated rings. The monoisotopic (exact) mass is 449 g/mol. The van der Waals surface area contributed by atoms with Crippen molar-refractivity contribution >= 4 is 44.8 Å². The van der Waals surface area contributed by atoms with E-state index in [0.717, 1.165) is 25.5 Å². The van der Waals surface area contributed by atoms with Gasteiger partial charge >= 0.3 is 11.8 Å². The molecule has 0 bridgehead atoms. The minimum absolute atomic E-state index is 0.379. The molecule has 0 radical (unpaired) electrons. The lowest BCUT2D eigenvalue weighted by atomic mass is 9.90. The third-order valence-electron chi connectivity index (χ3n) is 4.98. The molecule has 3 rings (SSSR count). The number of hydrogen-bond donors (Lipinski definition) is 2. The van der Waals surface area contributed by atoms with E-state index < -0.39 is 21.8 Å². The van der Waals surface area contributed by atoms with Crippen molar-refractivity contribution in [2.24, 2.45) is 5.92 Å². The smallest absolute Gasteiger partial charge is 0.313 e. The quantitative estimate of drug-likeness (QED) is 0.685. The van der Waals surface area contributed by atoms with E-state index >= 15 is 0 Å². The number of amides is 2. The molecule has 0 aromatic heterocycles. The van der Waals surface area contributed by atoms with Crippen molar-refractivity contribution in [1.29, 1.82) is 0 Å². The van der Waals surface area contributed by atoms with Crippen LogP contribution < -0.4 is 10.0 Å². The predicted octanol–water partition coefficient (Wildman–Crippen LogP) is 3.13. The first-order chi connectivity index (χ1) is 14.2. The number of carbonyl (C=O) groups is 2. The van der Waals surface area contributed by atoms with Gasteiger partial charge in [-0.3, -0.25) is 14.3 Å². The van der Waals surface area contributed by atoms with Gasteiger partial charge in [-0.05, 0) is 67.1 Å². The van der Waals surface area contributed by atoms with Crippen LogP contribution in [0.1, 0.15) is 18.4 Å². The standard InChI is InChI=1S/C21H24ClN3O4S/c1-30(28,29)24-19-8-6-18(7-9-19)23-20(26)21(27)25-12-10-16(11-13-25)14-15-2-4-17(22)5-3-15/h2-9,16,24H,10-14H2,1H3,(H,23,26). The van der Waals surface area contributed by atoms with Gasteiger partial charge in [0.05, 0.1) is 6.26 Å².